The zero-order chi connectivity index (χ0) is 12.1. The lowest BCUT2D eigenvalue weighted by molar-refractivity contribution is -0.301. The standard InChI is InChI=1S/C10H20O6/c1-2-3-4-15-10-9(14)8(13)7(12)6(5-11)16-10/h6-14H,2-5H2,1H3/t6-,7+,8+,9-,10-/m0/s1. The van der Waals surface area contributed by atoms with Gasteiger partial charge in [0.15, 0.2) is 6.29 Å². The molecule has 1 rings (SSSR count). The second-order valence-corrected chi connectivity index (χ2v) is 3.92. The molecule has 0 aromatic rings. The molecule has 0 aromatic heterocycles. The van der Waals surface area contributed by atoms with Crippen LogP contribution in [-0.4, -0.2) is 64.3 Å². The molecule has 0 aliphatic carbocycles. The highest BCUT2D eigenvalue weighted by Gasteiger charge is 2.43. The van der Waals surface area contributed by atoms with Gasteiger partial charge in [-0.05, 0) is 6.42 Å². The molecule has 0 spiro atoms. The molecule has 6 nitrogen and oxygen atoms in total. The number of hydrogen-bond acceptors (Lipinski definition) is 6. The summed E-state index contributed by atoms with van der Waals surface area (Å²) in [6.45, 7) is 1.97. The molecule has 0 saturated carbocycles. The fourth-order valence-corrected chi connectivity index (χ4v) is 1.55. The van der Waals surface area contributed by atoms with Crippen LogP contribution in [0, 0.1) is 0 Å². The Morgan fingerprint density at radius 1 is 1.12 bits per heavy atom. The summed E-state index contributed by atoms with van der Waals surface area (Å²) >= 11 is 0. The minimum atomic E-state index is -1.36. The minimum absolute atomic E-state index is 0.402. The third-order valence-electron chi connectivity index (χ3n) is 2.63. The van der Waals surface area contributed by atoms with Gasteiger partial charge in [0.1, 0.15) is 24.4 Å². The van der Waals surface area contributed by atoms with E-state index in [0.29, 0.717) is 6.61 Å². The molecule has 0 bridgehead atoms. The van der Waals surface area contributed by atoms with Gasteiger partial charge in [-0.3, -0.25) is 0 Å². The topological polar surface area (TPSA) is 99.4 Å². The van der Waals surface area contributed by atoms with Crippen molar-refractivity contribution in [3.05, 3.63) is 0 Å². The van der Waals surface area contributed by atoms with Crippen LogP contribution in [0.15, 0.2) is 0 Å². The summed E-state index contributed by atoms with van der Waals surface area (Å²) in [5.41, 5.74) is 0. The Kier molecular flexibility index (Phi) is 5.60. The summed E-state index contributed by atoms with van der Waals surface area (Å²) in [5, 5.41) is 37.5. The van der Waals surface area contributed by atoms with Crippen molar-refractivity contribution in [3.63, 3.8) is 0 Å². The van der Waals surface area contributed by atoms with E-state index in [4.69, 9.17) is 14.6 Å². The normalized spacial score (nSPS) is 39.9. The van der Waals surface area contributed by atoms with E-state index in [2.05, 4.69) is 0 Å². The van der Waals surface area contributed by atoms with Gasteiger partial charge in [-0.1, -0.05) is 13.3 Å². The highest BCUT2D eigenvalue weighted by Crippen LogP contribution is 2.21. The maximum absolute atomic E-state index is 9.58. The zero-order valence-corrected chi connectivity index (χ0v) is 9.32. The highest BCUT2D eigenvalue weighted by atomic mass is 16.7. The van der Waals surface area contributed by atoms with E-state index in [0.717, 1.165) is 12.8 Å². The fourth-order valence-electron chi connectivity index (χ4n) is 1.55. The van der Waals surface area contributed by atoms with E-state index in [9.17, 15) is 15.3 Å². The van der Waals surface area contributed by atoms with Gasteiger partial charge in [0.05, 0.1) is 6.61 Å². The molecule has 1 saturated heterocycles. The van der Waals surface area contributed by atoms with E-state index in [1.165, 1.54) is 0 Å². The summed E-state index contributed by atoms with van der Waals surface area (Å²) in [5.74, 6) is 0. The first-order valence-electron chi connectivity index (χ1n) is 5.54. The first kappa shape index (κ1) is 13.8. The van der Waals surface area contributed by atoms with Crippen molar-refractivity contribution < 1.29 is 29.9 Å². The van der Waals surface area contributed by atoms with Gasteiger partial charge in [0.2, 0.25) is 0 Å². The van der Waals surface area contributed by atoms with Gasteiger partial charge < -0.3 is 29.9 Å². The Labute approximate surface area is 94.4 Å². The van der Waals surface area contributed by atoms with Gasteiger partial charge in [-0.2, -0.15) is 0 Å². The number of ether oxygens (including phenoxy) is 2. The van der Waals surface area contributed by atoms with Crippen molar-refractivity contribution in [3.8, 4) is 0 Å². The van der Waals surface area contributed by atoms with Crippen LogP contribution in [0.1, 0.15) is 19.8 Å². The van der Waals surface area contributed by atoms with Crippen LogP contribution >= 0.6 is 0 Å². The van der Waals surface area contributed by atoms with Crippen molar-refractivity contribution >= 4 is 0 Å². The van der Waals surface area contributed by atoms with Gasteiger partial charge in [-0.15, -0.1) is 0 Å². The van der Waals surface area contributed by atoms with Crippen LogP contribution in [-0.2, 0) is 9.47 Å². The molecule has 0 unspecified atom stereocenters. The quantitative estimate of drug-likeness (QED) is 0.438. The number of aliphatic hydroxyl groups is 4. The Morgan fingerprint density at radius 2 is 1.81 bits per heavy atom. The SMILES string of the molecule is CCCCO[C@H]1O[C@@H](CO)[C@@H](O)[C@@H](O)[C@@H]1O. The van der Waals surface area contributed by atoms with E-state index in [1.807, 2.05) is 6.92 Å². The lowest BCUT2D eigenvalue weighted by Gasteiger charge is -2.39. The first-order chi connectivity index (χ1) is 7.61. The van der Waals surface area contributed by atoms with Crippen LogP contribution in [0.4, 0.5) is 0 Å². The third-order valence-corrected chi connectivity index (χ3v) is 2.63. The van der Waals surface area contributed by atoms with Crippen molar-refractivity contribution in [2.45, 2.75) is 50.5 Å². The lowest BCUT2D eigenvalue weighted by Crippen LogP contribution is -2.59. The molecule has 4 N–H and O–H groups in total. The number of hydrogen-bond donors (Lipinski definition) is 4. The molecule has 0 aromatic carbocycles. The summed E-state index contributed by atoms with van der Waals surface area (Å²) in [6.07, 6.45) is -4.13. The molecule has 6 heteroatoms. The van der Waals surface area contributed by atoms with Crippen molar-refractivity contribution in [1.82, 2.24) is 0 Å². The predicted molar refractivity (Wildman–Crippen MR) is 54.6 cm³/mol. The van der Waals surface area contributed by atoms with Crippen LogP contribution in [0.25, 0.3) is 0 Å². The Bertz CT molecular complexity index is 198. The van der Waals surface area contributed by atoms with Crippen LogP contribution in [0.3, 0.4) is 0 Å². The molecular weight excluding hydrogens is 216 g/mol. The fraction of sp³-hybridized carbons (Fsp3) is 1.00. The molecule has 1 fully saturated rings. The second kappa shape index (κ2) is 6.48. The molecule has 0 amide bonds. The van der Waals surface area contributed by atoms with Gasteiger partial charge in [0, 0.05) is 6.61 Å². The maximum Gasteiger partial charge on any atom is 0.186 e. The monoisotopic (exact) mass is 236 g/mol. The number of aliphatic hydroxyl groups excluding tert-OH is 4. The van der Waals surface area contributed by atoms with Crippen LogP contribution in [0.5, 0.6) is 0 Å². The molecule has 96 valence electrons. The number of unbranched alkanes of at least 4 members (excludes halogenated alkanes) is 1. The van der Waals surface area contributed by atoms with E-state index in [-0.39, 0.29) is 0 Å². The predicted octanol–water partition coefficient (Wildman–Crippen LogP) is -1.40. The largest absolute Gasteiger partial charge is 0.394 e. The average molecular weight is 236 g/mol. The van der Waals surface area contributed by atoms with Crippen molar-refractivity contribution in [2.75, 3.05) is 13.2 Å². The summed E-state index contributed by atoms with van der Waals surface area (Å²) in [7, 11) is 0. The third kappa shape index (κ3) is 3.13. The Morgan fingerprint density at radius 3 is 2.38 bits per heavy atom. The molecule has 16 heavy (non-hydrogen) atoms. The van der Waals surface area contributed by atoms with Gasteiger partial charge >= 0.3 is 0 Å². The molecule has 5 atom stereocenters. The molecular formula is C10H20O6. The van der Waals surface area contributed by atoms with Crippen molar-refractivity contribution in [1.29, 1.82) is 0 Å². The summed E-state index contributed by atoms with van der Waals surface area (Å²) < 4.78 is 10.4. The Hall–Kier alpha value is -0.240. The molecule has 1 aliphatic heterocycles. The zero-order valence-electron chi connectivity index (χ0n) is 9.32. The summed E-state index contributed by atoms with van der Waals surface area (Å²) in [6, 6.07) is 0. The number of rotatable bonds is 5. The lowest BCUT2D eigenvalue weighted by atomic mass is 9.99. The van der Waals surface area contributed by atoms with E-state index >= 15 is 0 Å². The minimum Gasteiger partial charge on any atom is -0.394 e. The van der Waals surface area contributed by atoms with E-state index < -0.39 is 37.3 Å². The van der Waals surface area contributed by atoms with Gasteiger partial charge in [0.25, 0.3) is 0 Å². The average Bonchev–Trinajstić information content (AvgIpc) is 2.29. The Balaban J connectivity index is 2.50. The molecule has 1 heterocycles. The van der Waals surface area contributed by atoms with Gasteiger partial charge in [-0.25, -0.2) is 0 Å². The smallest absolute Gasteiger partial charge is 0.186 e. The maximum atomic E-state index is 9.58. The van der Waals surface area contributed by atoms with E-state index in [1.54, 1.807) is 0 Å². The van der Waals surface area contributed by atoms with Crippen LogP contribution in [0.2, 0.25) is 0 Å². The second-order valence-electron chi connectivity index (χ2n) is 3.92. The molecule has 1 aliphatic rings. The highest BCUT2D eigenvalue weighted by molar-refractivity contribution is 4.88. The van der Waals surface area contributed by atoms with Crippen LogP contribution < -0.4 is 0 Å². The first-order valence-corrected chi connectivity index (χ1v) is 5.54. The molecule has 0 radical (unpaired) electrons. The summed E-state index contributed by atoms with van der Waals surface area (Å²) in [4.78, 5) is 0. The van der Waals surface area contributed by atoms with Crippen molar-refractivity contribution in [2.24, 2.45) is 0 Å².